The Kier molecular flexibility index (Phi) is 6.26. The standard InChI is InChI=1S/C24H24FNO2/c1-2-3-4-16-5-7-17(8-6-16)18-11-12-21(24(27)28)22(13-18)19-9-10-20(15-26)23(25)14-19/h2,9-14,16-17H,1,3-8H2,(H,27,28)/t16-,17-. The lowest BCUT2D eigenvalue weighted by Crippen LogP contribution is -2.13. The van der Waals surface area contributed by atoms with Crippen molar-refractivity contribution in [2.45, 2.75) is 44.4 Å². The third-order valence-corrected chi connectivity index (χ3v) is 5.77. The zero-order valence-electron chi connectivity index (χ0n) is 15.8. The van der Waals surface area contributed by atoms with E-state index in [0.717, 1.165) is 30.7 Å². The van der Waals surface area contributed by atoms with Crippen LogP contribution in [0.2, 0.25) is 0 Å². The summed E-state index contributed by atoms with van der Waals surface area (Å²) in [5, 5.41) is 18.5. The van der Waals surface area contributed by atoms with Gasteiger partial charge in [-0.15, -0.1) is 6.58 Å². The van der Waals surface area contributed by atoms with Gasteiger partial charge >= 0.3 is 5.97 Å². The van der Waals surface area contributed by atoms with E-state index in [4.69, 9.17) is 5.26 Å². The number of allylic oxidation sites excluding steroid dienone is 1. The summed E-state index contributed by atoms with van der Waals surface area (Å²) < 4.78 is 14.1. The van der Waals surface area contributed by atoms with Crippen molar-refractivity contribution in [1.29, 1.82) is 5.26 Å². The molecule has 0 heterocycles. The van der Waals surface area contributed by atoms with E-state index in [1.165, 1.54) is 31.4 Å². The summed E-state index contributed by atoms with van der Waals surface area (Å²) in [5.41, 5.74) is 2.19. The molecule has 1 aliphatic carbocycles. The van der Waals surface area contributed by atoms with Crippen LogP contribution in [0.5, 0.6) is 0 Å². The Bertz CT molecular complexity index is 921. The van der Waals surface area contributed by atoms with Gasteiger partial charge in [0.2, 0.25) is 0 Å². The van der Waals surface area contributed by atoms with Crippen LogP contribution < -0.4 is 0 Å². The van der Waals surface area contributed by atoms with Crippen molar-refractivity contribution in [3.63, 3.8) is 0 Å². The highest BCUT2D eigenvalue weighted by atomic mass is 19.1. The molecule has 0 aromatic heterocycles. The van der Waals surface area contributed by atoms with E-state index in [-0.39, 0.29) is 11.1 Å². The van der Waals surface area contributed by atoms with Gasteiger partial charge in [0.25, 0.3) is 0 Å². The van der Waals surface area contributed by atoms with Crippen LogP contribution in [0.15, 0.2) is 49.1 Å². The summed E-state index contributed by atoms with van der Waals surface area (Å²) in [6, 6.07) is 11.4. The van der Waals surface area contributed by atoms with E-state index in [9.17, 15) is 14.3 Å². The van der Waals surface area contributed by atoms with Crippen molar-refractivity contribution in [2.24, 2.45) is 5.92 Å². The van der Waals surface area contributed by atoms with Crippen molar-refractivity contribution in [1.82, 2.24) is 0 Å². The topological polar surface area (TPSA) is 61.1 Å². The third-order valence-electron chi connectivity index (χ3n) is 5.77. The SMILES string of the molecule is C=CCC[C@H]1CC[C@H](c2ccc(C(=O)O)c(-c3ccc(C#N)c(F)c3)c2)CC1. The Hall–Kier alpha value is -2.93. The summed E-state index contributed by atoms with van der Waals surface area (Å²) in [4.78, 5) is 11.7. The van der Waals surface area contributed by atoms with Gasteiger partial charge in [0.1, 0.15) is 11.9 Å². The molecule has 4 heteroatoms. The lowest BCUT2D eigenvalue weighted by molar-refractivity contribution is 0.0697. The van der Waals surface area contributed by atoms with Crippen LogP contribution >= 0.6 is 0 Å². The summed E-state index contributed by atoms with van der Waals surface area (Å²) in [7, 11) is 0. The molecule has 3 rings (SSSR count). The molecule has 0 spiro atoms. The molecule has 1 aliphatic rings. The maximum atomic E-state index is 14.1. The normalized spacial score (nSPS) is 19.0. The Morgan fingerprint density at radius 3 is 2.57 bits per heavy atom. The fourth-order valence-corrected chi connectivity index (χ4v) is 4.15. The van der Waals surface area contributed by atoms with Gasteiger partial charge in [-0.3, -0.25) is 0 Å². The van der Waals surface area contributed by atoms with E-state index >= 15 is 0 Å². The maximum absolute atomic E-state index is 14.1. The molecule has 2 aromatic carbocycles. The molecular weight excluding hydrogens is 353 g/mol. The van der Waals surface area contributed by atoms with E-state index in [1.807, 2.05) is 18.2 Å². The second-order valence-corrected chi connectivity index (χ2v) is 7.50. The lowest BCUT2D eigenvalue weighted by atomic mass is 9.76. The van der Waals surface area contributed by atoms with Crippen LogP contribution in [0.4, 0.5) is 4.39 Å². The van der Waals surface area contributed by atoms with E-state index in [1.54, 1.807) is 18.2 Å². The molecule has 2 aromatic rings. The number of nitriles is 1. The molecule has 0 atom stereocenters. The number of carboxylic acids is 1. The Morgan fingerprint density at radius 2 is 1.96 bits per heavy atom. The first-order valence-electron chi connectivity index (χ1n) is 9.71. The highest BCUT2D eigenvalue weighted by molar-refractivity contribution is 5.96. The fraction of sp³-hybridized carbons (Fsp3) is 0.333. The highest BCUT2D eigenvalue weighted by Gasteiger charge is 2.23. The first kappa shape index (κ1) is 19.8. The molecule has 0 saturated heterocycles. The van der Waals surface area contributed by atoms with Crippen molar-refractivity contribution in [3.8, 4) is 17.2 Å². The molecule has 0 amide bonds. The summed E-state index contributed by atoms with van der Waals surface area (Å²) >= 11 is 0. The number of carboxylic acid groups (broad SMARTS) is 1. The maximum Gasteiger partial charge on any atom is 0.336 e. The quantitative estimate of drug-likeness (QED) is 0.601. The average Bonchev–Trinajstić information content (AvgIpc) is 2.72. The van der Waals surface area contributed by atoms with Crippen LogP contribution in [-0.2, 0) is 0 Å². The lowest BCUT2D eigenvalue weighted by Gasteiger charge is -2.29. The second-order valence-electron chi connectivity index (χ2n) is 7.50. The van der Waals surface area contributed by atoms with Gasteiger partial charge in [0.05, 0.1) is 11.1 Å². The second kappa shape index (κ2) is 8.84. The zero-order valence-corrected chi connectivity index (χ0v) is 15.8. The minimum absolute atomic E-state index is 0.0466. The molecule has 144 valence electrons. The smallest absolute Gasteiger partial charge is 0.336 e. The molecule has 1 saturated carbocycles. The van der Waals surface area contributed by atoms with Crippen molar-refractivity contribution < 1.29 is 14.3 Å². The zero-order chi connectivity index (χ0) is 20.1. The van der Waals surface area contributed by atoms with Crippen LogP contribution in [0.1, 0.15) is 65.9 Å². The average molecular weight is 377 g/mol. The fourth-order valence-electron chi connectivity index (χ4n) is 4.15. The summed E-state index contributed by atoms with van der Waals surface area (Å²) in [6.07, 6.45) is 8.70. The number of benzene rings is 2. The number of aromatic carboxylic acids is 1. The van der Waals surface area contributed by atoms with Gasteiger partial charge in [0.15, 0.2) is 0 Å². The van der Waals surface area contributed by atoms with Gasteiger partial charge in [0, 0.05) is 0 Å². The van der Waals surface area contributed by atoms with E-state index in [0.29, 0.717) is 17.0 Å². The van der Waals surface area contributed by atoms with E-state index in [2.05, 4.69) is 6.58 Å². The minimum Gasteiger partial charge on any atom is -0.478 e. The Balaban J connectivity index is 1.89. The van der Waals surface area contributed by atoms with Gasteiger partial charge < -0.3 is 5.11 Å². The largest absolute Gasteiger partial charge is 0.478 e. The van der Waals surface area contributed by atoms with Crippen molar-refractivity contribution >= 4 is 5.97 Å². The number of hydrogen-bond donors (Lipinski definition) is 1. The number of hydrogen-bond acceptors (Lipinski definition) is 2. The highest BCUT2D eigenvalue weighted by Crippen LogP contribution is 2.39. The predicted octanol–water partition coefficient (Wildman–Crippen LogP) is 6.30. The number of rotatable bonds is 6. The van der Waals surface area contributed by atoms with Gasteiger partial charge in [-0.05, 0) is 85.3 Å². The van der Waals surface area contributed by atoms with Crippen molar-refractivity contribution in [2.75, 3.05) is 0 Å². The summed E-state index contributed by atoms with van der Waals surface area (Å²) in [6.45, 7) is 3.79. The first-order valence-corrected chi connectivity index (χ1v) is 9.71. The summed E-state index contributed by atoms with van der Waals surface area (Å²) in [5.74, 6) is -0.548. The molecule has 3 nitrogen and oxygen atoms in total. The Morgan fingerprint density at radius 1 is 1.21 bits per heavy atom. The Labute approximate surface area is 165 Å². The minimum atomic E-state index is -1.04. The van der Waals surface area contributed by atoms with Gasteiger partial charge in [-0.25, -0.2) is 9.18 Å². The van der Waals surface area contributed by atoms with E-state index < -0.39 is 11.8 Å². The molecule has 0 bridgehead atoms. The number of carbonyl (C=O) groups is 1. The molecule has 1 fully saturated rings. The third kappa shape index (κ3) is 4.31. The van der Waals surface area contributed by atoms with Crippen LogP contribution in [0, 0.1) is 23.1 Å². The molecule has 0 unspecified atom stereocenters. The number of halogens is 1. The van der Waals surface area contributed by atoms with Crippen LogP contribution in [0.25, 0.3) is 11.1 Å². The monoisotopic (exact) mass is 377 g/mol. The van der Waals surface area contributed by atoms with Gasteiger partial charge in [-0.2, -0.15) is 5.26 Å². The molecule has 0 aliphatic heterocycles. The molecule has 1 N–H and O–H groups in total. The van der Waals surface area contributed by atoms with Gasteiger partial charge in [-0.1, -0.05) is 24.3 Å². The molecule has 28 heavy (non-hydrogen) atoms. The molecular formula is C24H24FNO2. The van der Waals surface area contributed by atoms with Crippen LogP contribution in [0.3, 0.4) is 0 Å². The molecule has 0 radical (unpaired) electrons. The van der Waals surface area contributed by atoms with Crippen LogP contribution in [-0.4, -0.2) is 11.1 Å². The predicted molar refractivity (Wildman–Crippen MR) is 108 cm³/mol. The first-order chi connectivity index (χ1) is 13.5. The van der Waals surface area contributed by atoms with Crippen molar-refractivity contribution in [3.05, 3.63) is 71.6 Å². The number of nitrogens with zero attached hydrogens (tertiary/aromatic N) is 1.